The minimum Gasteiger partial charge on any atom is -0.351 e. The number of nitro benzene ring substituents is 1. The summed E-state index contributed by atoms with van der Waals surface area (Å²) in [5, 5.41) is 11.8. The van der Waals surface area contributed by atoms with Gasteiger partial charge in [0, 0.05) is 24.7 Å². The molecule has 0 atom stereocenters. The first-order valence-corrected chi connectivity index (χ1v) is 8.39. The highest BCUT2D eigenvalue weighted by atomic mass is 32.2. The van der Waals surface area contributed by atoms with E-state index in [4.69, 9.17) is 0 Å². The van der Waals surface area contributed by atoms with Crippen LogP contribution in [-0.4, -0.2) is 34.0 Å². The van der Waals surface area contributed by atoms with Gasteiger partial charge in [-0.1, -0.05) is 12.1 Å². The molecule has 0 saturated carbocycles. The van der Waals surface area contributed by atoms with Crippen molar-refractivity contribution in [3.8, 4) is 0 Å². The van der Waals surface area contributed by atoms with Gasteiger partial charge in [-0.05, 0) is 49.6 Å². The van der Waals surface area contributed by atoms with E-state index in [2.05, 4.69) is 9.89 Å². The summed E-state index contributed by atoms with van der Waals surface area (Å²) in [5.74, 6) is -0.265. The van der Waals surface area contributed by atoms with E-state index in [0.717, 1.165) is 31.1 Å². The molecule has 2 aliphatic rings. The lowest BCUT2D eigenvalue weighted by Crippen LogP contribution is -2.33. The number of hydrogen-bond donors (Lipinski definition) is 0. The Morgan fingerprint density at radius 1 is 1.30 bits per heavy atom. The minimum absolute atomic E-state index is 0.0620. The smallest absolute Gasteiger partial charge is 0.286 e. The Labute approximate surface area is 138 Å². The number of amides is 1. The topological polar surface area (TPSA) is 75.8 Å². The van der Waals surface area contributed by atoms with Crippen LogP contribution in [0.1, 0.15) is 30.4 Å². The van der Waals surface area contributed by atoms with Crippen molar-refractivity contribution in [3.05, 3.63) is 44.3 Å². The molecular weight excluding hydrogens is 314 g/mol. The van der Waals surface area contributed by atoms with Gasteiger partial charge in [0.25, 0.3) is 11.6 Å². The van der Waals surface area contributed by atoms with Crippen LogP contribution in [0, 0.1) is 17.0 Å². The van der Waals surface area contributed by atoms with Gasteiger partial charge in [-0.3, -0.25) is 14.9 Å². The van der Waals surface area contributed by atoms with E-state index in [0.29, 0.717) is 16.0 Å². The van der Waals surface area contributed by atoms with Crippen LogP contribution >= 0.6 is 11.8 Å². The first-order valence-electron chi connectivity index (χ1n) is 7.57. The van der Waals surface area contributed by atoms with E-state index in [1.807, 2.05) is 0 Å². The zero-order chi connectivity index (χ0) is 16.4. The number of likely N-dealkylation sites (tertiary alicyclic amines) is 1. The first-order chi connectivity index (χ1) is 11.0. The number of aryl methyl sites for hydroxylation is 1. The summed E-state index contributed by atoms with van der Waals surface area (Å²) in [4.78, 5) is 29.5. The second kappa shape index (κ2) is 6.54. The lowest BCUT2D eigenvalue weighted by molar-refractivity contribution is -0.385. The van der Waals surface area contributed by atoms with Gasteiger partial charge in [-0.15, -0.1) is 0 Å². The second-order valence-corrected chi connectivity index (χ2v) is 6.67. The molecule has 0 radical (unpaired) electrons. The largest absolute Gasteiger partial charge is 0.351 e. The number of rotatable bonds is 2. The summed E-state index contributed by atoms with van der Waals surface area (Å²) < 4.78 is 0. The van der Waals surface area contributed by atoms with E-state index in [-0.39, 0.29) is 11.6 Å². The molecule has 1 fully saturated rings. The molecule has 23 heavy (non-hydrogen) atoms. The Hall–Kier alpha value is -2.15. The van der Waals surface area contributed by atoms with Crippen LogP contribution in [0.5, 0.6) is 0 Å². The molecule has 7 heteroatoms. The van der Waals surface area contributed by atoms with Crippen molar-refractivity contribution in [2.24, 2.45) is 4.99 Å². The average Bonchev–Trinajstić information content (AvgIpc) is 2.91. The van der Waals surface area contributed by atoms with E-state index < -0.39 is 4.92 Å². The van der Waals surface area contributed by atoms with Crippen molar-refractivity contribution in [1.29, 1.82) is 0 Å². The predicted octanol–water partition coefficient (Wildman–Crippen LogP) is 3.36. The maximum atomic E-state index is 12.1. The molecule has 0 bridgehead atoms. The molecule has 2 aliphatic heterocycles. The molecule has 120 valence electrons. The van der Waals surface area contributed by atoms with Crippen LogP contribution in [0.25, 0.3) is 6.08 Å². The molecule has 1 aromatic carbocycles. The van der Waals surface area contributed by atoms with Crippen molar-refractivity contribution in [2.75, 3.05) is 13.1 Å². The fourth-order valence-corrected chi connectivity index (χ4v) is 3.65. The number of aliphatic imine (C=N–C) groups is 1. The fourth-order valence-electron chi connectivity index (χ4n) is 2.68. The number of amidine groups is 1. The molecule has 0 unspecified atom stereocenters. The highest BCUT2D eigenvalue weighted by molar-refractivity contribution is 8.18. The van der Waals surface area contributed by atoms with Crippen molar-refractivity contribution in [1.82, 2.24) is 4.90 Å². The van der Waals surface area contributed by atoms with Crippen LogP contribution in [0.3, 0.4) is 0 Å². The molecule has 1 amide bonds. The highest BCUT2D eigenvalue weighted by Gasteiger charge is 2.27. The third-order valence-electron chi connectivity index (χ3n) is 3.96. The Balaban J connectivity index is 1.80. The Morgan fingerprint density at radius 2 is 2.04 bits per heavy atom. The lowest BCUT2D eigenvalue weighted by Gasteiger charge is -2.27. The maximum absolute atomic E-state index is 12.1. The predicted molar refractivity (Wildman–Crippen MR) is 91.3 cm³/mol. The van der Waals surface area contributed by atoms with Crippen LogP contribution in [0.2, 0.25) is 0 Å². The van der Waals surface area contributed by atoms with Crippen molar-refractivity contribution in [2.45, 2.75) is 26.2 Å². The van der Waals surface area contributed by atoms with E-state index >= 15 is 0 Å². The fraction of sp³-hybridized carbons (Fsp3) is 0.375. The van der Waals surface area contributed by atoms with Crippen molar-refractivity contribution >= 4 is 34.6 Å². The van der Waals surface area contributed by atoms with Gasteiger partial charge in [0.1, 0.15) is 0 Å². The number of piperidine rings is 1. The van der Waals surface area contributed by atoms with Gasteiger partial charge in [-0.2, -0.15) is 4.99 Å². The van der Waals surface area contributed by atoms with Gasteiger partial charge < -0.3 is 4.90 Å². The number of thioether (sulfide) groups is 1. The zero-order valence-electron chi connectivity index (χ0n) is 12.8. The summed E-state index contributed by atoms with van der Waals surface area (Å²) >= 11 is 1.36. The van der Waals surface area contributed by atoms with E-state index in [1.165, 1.54) is 24.2 Å². The van der Waals surface area contributed by atoms with Crippen molar-refractivity contribution < 1.29 is 9.72 Å². The highest BCUT2D eigenvalue weighted by Crippen LogP contribution is 2.32. The van der Waals surface area contributed by atoms with Crippen LogP contribution < -0.4 is 0 Å². The third-order valence-corrected chi connectivity index (χ3v) is 5.01. The molecule has 6 nitrogen and oxygen atoms in total. The second-order valence-electron chi connectivity index (χ2n) is 5.66. The third kappa shape index (κ3) is 3.44. The number of carbonyl (C=O) groups excluding carboxylic acids is 1. The summed E-state index contributed by atoms with van der Waals surface area (Å²) in [6, 6.07) is 4.97. The molecular formula is C16H17N3O3S. The van der Waals surface area contributed by atoms with Crippen LogP contribution in [0.4, 0.5) is 5.69 Å². The number of hydrogen-bond acceptors (Lipinski definition) is 5. The summed E-state index contributed by atoms with van der Waals surface area (Å²) in [5.41, 5.74) is 1.31. The Bertz CT molecular complexity index is 721. The minimum atomic E-state index is -0.406. The summed E-state index contributed by atoms with van der Waals surface area (Å²) in [7, 11) is 0. The molecule has 1 aromatic rings. The first kappa shape index (κ1) is 15.7. The molecule has 0 N–H and O–H groups in total. The van der Waals surface area contributed by atoms with Gasteiger partial charge >= 0.3 is 0 Å². The molecule has 0 spiro atoms. The summed E-state index contributed by atoms with van der Waals surface area (Å²) in [6.45, 7) is 3.56. The van der Waals surface area contributed by atoms with Gasteiger partial charge in [-0.25, -0.2) is 0 Å². The molecule has 1 saturated heterocycles. The molecule has 0 aliphatic carbocycles. The molecule has 2 heterocycles. The van der Waals surface area contributed by atoms with Crippen LogP contribution in [0.15, 0.2) is 28.1 Å². The summed E-state index contributed by atoms with van der Waals surface area (Å²) in [6.07, 6.45) is 5.14. The SMILES string of the molecule is Cc1ccc(/C=C2\SC(N3CCCCC3)=NC2=O)cc1[N+](=O)[O-]. The normalized spacial score (nSPS) is 20.0. The van der Waals surface area contributed by atoms with E-state index in [1.54, 1.807) is 25.1 Å². The molecule has 0 aromatic heterocycles. The number of benzene rings is 1. The quantitative estimate of drug-likeness (QED) is 0.472. The Kier molecular flexibility index (Phi) is 4.47. The number of nitrogens with zero attached hydrogens (tertiary/aromatic N) is 3. The number of carbonyl (C=O) groups is 1. The van der Waals surface area contributed by atoms with E-state index in [9.17, 15) is 14.9 Å². The zero-order valence-corrected chi connectivity index (χ0v) is 13.6. The average molecular weight is 331 g/mol. The molecule has 3 rings (SSSR count). The van der Waals surface area contributed by atoms with Gasteiger partial charge in [0.2, 0.25) is 0 Å². The standard InChI is InChI=1S/C16H17N3O3S/c1-11-5-6-12(9-13(11)19(21)22)10-14-15(20)17-16(23-14)18-7-3-2-4-8-18/h5-6,9-10H,2-4,7-8H2,1H3/b14-10-. The maximum Gasteiger partial charge on any atom is 0.286 e. The Morgan fingerprint density at radius 3 is 2.74 bits per heavy atom. The lowest BCUT2D eigenvalue weighted by atomic mass is 10.1. The van der Waals surface area contributed by atoms with Gasteiger partial charge in [0.15, 0.2) is 5.17 Å². The number of nitro groups is 1. The van der Waals surface area contributed by atoms with Crippen molar-refractivity contribution in [3.63, 3.8) is 0 Å². The monoisotopic (exact) mass is 331 g/mol. The van der Waals surface area contributed by atoms with Crippen LogP contribution in [-0.2, 0) is 4.79 Å². The van der Waals surface area contributed by atoms with Gasteiger partial charge in [0.05, 0.1) is 9.83 Å².